The highest BCUT2D eigenvalue weighted by Crippen LogP contribution is 2.12. The topological polar surface area (TPSA) is 59.0 Å². The van der Waals surface area contributed by atoms with Crippen molar-refractivity contribution in [3.8, 4) is 5.75 Å². The van der Waals surface area contributed by atoms with Crippen LogP contribution in [0.2, 0.25) is 0 Å². The van der Waals surface area contributed by atoms with Crippen LogP contribution in [0, 0.1) is 0 Å². The Balaban J connectivity index is 2.16. The molecule has 1 aromatic carbocycles. The molecule has 1 N–H and O–H groups in total. The number of benzene rings is 1. The largest absolute Gasteiger partial charge is 0.494 e. The Morgan fingerprint density at radius 2 is 1.90 bits per heavy atom. The van der Waals surface area contributed by atoms with E-state index in [1.165, 1.54) is 0 Å². The maximum absolute atomic E-state index is 10.7. The minimum absolute atomic E-state index is 0.271. The highest BCUT2D eigenvalue weighted by atomic mass is 16.5. The van der Waals surface area contributed by atoms with Crippen LogP contribution >= 0.6 is 0 Å². The Morgan fingerprint density at radius 1 is 1.20 bits per heavy atom. The molecule has 0 aliphatic carbocycles. The van der Waals surface area contributed by atoms with Crippen molar-refractivity contribution in [2.45, 2.75) is 13.3 Å². The van der Waals surface area contributed by atoms with Crippen LogP contribution in [0.1, 0.15) is 23.7 Å². The molecule has 1 rings (SSSR count). The van der Waals surface area contributed by atoms with Gasteiger partial charge in [-0.1, -0.05) is 0 Å². The molecule has 0 radical (unpaired) electrons. The predicted molar refractivity (Wildman–Crippen MR) is 77.5 cm³/mol. The van der Waals surface area contributed by atoms with E-state index in [9.17, 15) is 4.79 Å². The predicted octanol–water partition coefficient (Wildman–Crippen LogP) is 2.12. The lowest BCUT2D eigenvalue weighted by Gasteiger charge is -2.16. The summed E-state index contributed by atoms with van der Waals surface area (Å²) in [5, 5.41) is 8.78. The molecule has 0 heterocycles. The van der Waals surface area contributed by atoms with Gasteiger partial charge in [-0.2, -0.15) is 0 Å². The van der Waals surface area contributed by atoms with Gasteiger partial charge in [0.05, 0.1) is 18.8 Å². The second kappa shape index (κ2) is 9.34. The third-order valence-corrected chi connectivity index (χ3v) is 2.88. The first-order valence-corrected chi connectivity index (χ1v) is 6.86. The number of hydrogen-bond acceptors (Lipinski definition) is 4. The number of likely N-dealkylation sites (N-methyl/N-ethyl adjacent to an activating group) is 1. The van der Waals surface area contributed by atoms with Crippen LogP contribution in [-0.4, -0.2) is 55.9 Å². The Kier molecular flexibility index (Phi) is 7.69. The highest BCUT2D eigenvalue weighted by molar-refractivity contribution is 5.87. The van der Waals surface area contributed by atoms with Crippen molar-refractivity contribution in [2.75, 3.05) is 40.0 Å². The fraction of sp³-hybridized carbons (Fsp3) is 0.533. The molecule has 5 heteroatoms. The zero-order valence-corrected chi connectivity index (χ0v) is 12.2. The van der Waals surface area contributed by atoms with Gasteiger partial charge in [0.1, 0.15) is 5.75 Å². The van der Waals surface area contributed by atoms with E-state index < -0.39 is 5.97 Å². The lowest BCUT2D eigenvalue weighted by molar-refractivity contribution is 0.0697. The van der Waals surface area contributed by atoms with Gasteiger partial charge in [0, 0.05) is 19.7 Å². The van der Waals surface area contributed by atoms with Crippen LogP contribution < -0.4 is 4.74 Å². The van der Waals surface area contributed by atoms with Crippen molar-refractivity contribution in [1.29, 1.82) is 0 Å². The second-order valence-electron chi connectivity index (χ2n) is 4.53. The molecule has 0 aliphatic heterocycles. The van der Waals surface area contributed by atoms with Gasteiger partial charge in [0.25, 0.3) is 0 Å². The molecule has 0 fully saturated rings. The van der Waals surface area contributed by atoms with Crippen LogP contribution in [-0.2, 0) is 4.74 Å². The molecule has 0 aromatic heterocycles. The van der Waals surface area contributed by atoms with E-state index in [2.05, 4.69) is 11.9 Å². The third-order valence-electron chi connectivity index (χ3n) is 2.88. The molecule has 0 saturated carbocycles. The minimum Gasteiger partial charge on any atom is -0.494 e. The zero-order chi connectivity index (χ0) is 14.8. The maximum atomic E-state index is 10.7. The normalized spacial score (nSPS) is 10.8. The maximum Gasteiger partial charge on any atom is 0.335 e. The lowest BCUT2D eigenvalue weighted by Crippen LogP contribution is -2.25. The molecule has 0 aliphatic rings. The van der Waals surface area contributed by atoms with E-state index in [1.54, 1.807) is 24.3 Å². The van der Waals surface area contributed by atoms with Crippen molar-refractivity contribution in [3.63, 3.8) is 0 Å². The van der Waals surface area contributed by atoms with E-state index in [0.29, 0.717) is 12.4 Å². The Bertz CT molecular complexity index is 391. The van der Waals surface area contributed by atoms with E-state index in [1.807, 2.05) is 6.92 Å². The van der Waals surface area contributed by atoms with Crippen molar-refractivity contribution in [3.05, 3.63) is 29.8 Å². The van der Waals surface area contributed by atoms with E-state index >= 15 is 0 Å². The van der Waals surface area contributed by atoms with Gasteiger partial charge in [-0.25, -0.2) is 4.79 Å². The zero-order valence-electron chi connectivity index (χ0n) is 12.2. The van der Waals surface area contributed by atoms with E-state index in [-0.39, 0.29) is 5.56 Å². The summed E-state index contributed by atoms with van der Waals surface area (Å²) in [6.07, 6.45) is 0.920. The highest BCUT2D eigenvalue weighted by Gasteiger charge is 2.02. The molecule has 0 saturated heterocycles. The first kappa shape index (κ1) is 16.5. The van der Waals surface area contributed by atoms with Gasteiger partial charge in [-0.15, -0.1) is 0 Å². The number of hydrogen-bond donors (Lipinski definition) is 1. The van der Waals surface area contributed by atoms with Crippen LogP contribution in [0.25, 0.3) is 0 Å². The van der Waals surface area contributed by atoms with Crippen molar-refractivity contribution in [1.82, 2.24) is 4.90 Å². The fourth-order valence-corrected chi connectivity index (χ4v) is 1.69. The fourth-order valence-electron chi connectivity index (χ4n) is 1.69. The summed E-state index contributed by atoms with van der Waals surface area (Å²) < 4.78 is 10.9. The summed E-state index contributed by atoms with van der Waals surface area (Å²) in [6.45, 7) is 5.98. The minimum atomic E-state index is -0.924. The molecular weight excluding hydrogens is 258 g/mol. The molecule has 112 valence electrons. The number of aromatic carboxylic acids is 1. The van der Waals surface area contributed by atoms with Gasteiger partial charge in [-0.05, 0) is 44.7 Å². The van der Waals surface area contributed by atoms with Crippen LogP contribution in [0.15, 0.2) is 24.3 Å². The molecule has 5 nitrogen and oxygen atoms in total. The van der Waals surface area contributed by atoms with E-state index in [0.717, 1.165) is 32.7 Å². The standard InChI is InChI=1S/C15H23NO4/c1-3-19-12-10-16(2)9-4-11-20-14-7-5-13(6-8-14)15(17)18/h5-8H,3-4,9-12H2,1-2H3,(H,17,18). The second-order valence-corrected chi connectivity index (χ2v) is 4.53. The Hall–Kier alpha value is -1.59. The monoisotopic (exact) mass is 281 g/mol. The van der Waals surface area contributed by atoms with Gasteiger partial charge >= 0.3 is 5.97 Å². The number of carboxylic acid groups (broad SMARTS) is 1. The summed E-state index contributed by atoms with van der Waals surface area (Å²) in [5.41, 5.74) is 0.271. The molecule has 20 heavy (non-hydrogen) atoms. The molecule has 0 amide bonds. The van der Waals surface area contributed by atoms with Crippen molar-refractivity contribution in [2.24, 2.45) is 0 Å². The van der Waals surface area contributed by atoms with Crippen LogP contribution in [0.5, 0.6) is 5.75 Å². The number of carboxylic acids is 1. The third kappa shape index (κ3) is 6.54. The van der Waals surface area contributed by atoms with E-state index in [4.69, 9.17) is 14.6 Å². The van der Waals surface area contributed by atoms with Gasteiger partial charge in [0.15, 0.2) is 0 Å². The van der Waals surface area contributed by atoms with Crippen LogP contribution in [0.4, 0.5) is 0 Å². The molecule has 0 bridgehead atoms. The summed E-state index contributed by atoms with van der Waals surface area (Å²) in [6, 6.07) is 6.46. The first-order chi connectivity index (χ1) is 9.63. The smallest absolute Gasteiger partial charge is 0.335 e. The summed E-state index contributed by atoms with van der Waals surface area (Å²) >= 11 is 0. The molecule has 0 unspecified atom stereocenters. The SMILES string of the molecule is CCOCCN(C)CCCOc1ccc(C(=O)O)cc1. The van der Waals surface area contributed by atoms with Crippen molar-refractivity contribution >= 4 is 5.97 Å². The van der Waals surface area contributed by atoms with Gasteiger partial charge in [-0.3, -0.25) is 0 Å². The quantitative estimate of drug-likeness (QED) is 0.666. The number of nitrogens with zero attached hydrogens (tertiary/aromatic N) is 1. The molecule has 1 aromatic rings. The van der Waals surface area contributed by atoms with Gasteiger partial charge in [0.2, 0.25) is 0 Å². The summed E-state index contributed by atoms with van der Waals surface area (Å²) in [7, 11) is 2.06. The Labute approximate surface area is 120 Å². The number of rotatable bonds is 10. The van der Waals surface area contributed by atoms with Crippen molar-refractivity contribution < 1.29 is 19.4 Å². The molecule has 0 spiro atoms. The average Bonchev–Trinajstić information content (AvgIpc) is 2.44. The van der Waals surface area contributed by atoms with Crippen LogP contribution in [0.3, 0.4) is 0 Å². The Morgan fingerprint density at radius 3 is 2.50 bits per heavy atom. The number of carbonyl (C=O) groups is 1. The lowest BCUT2D eigenvalue weighted by atomic mass is 10.2. The summed E-state index contributed by atoms with van der Waals surface area (Å²) in [5.74, 6) is -0.223. The van der Waals surface area contributed by atoms with Gasteiger partial charge < -0.3 is 19.5 Å². The summed E-state index contributed by atoms with van der Waals surface area (Å²) in [4.78, 5) is 12.9. The molecular formula is C15H23NO4. The molecule has 0 atom stereocenters. The number of ether oxygens (including phenoxy) is 2. The first-order valence-electron chi connectivity index (χ1n) is 6.86. The average molecular weight is 281 g/mol.